The molecule has 4 atom stereocenters. The summed E-state index contributed by atoms with van der Waals surface area (Å²) in [6.07, 6.45) is 3.66. The minimum absolute atomic E-state index is 0.00258. The van der Waals surface area contributed by atoms with Gasteiger partial charge in [0.25, 0.3) is 0 Å². The molecule has 0 spiro atoms. The number of halogens is 1. The second-order valence-electron chi connectivity index (χ2n) is 11.0. The van der Waals surface area contributed by atoms with Crippen molar-refractivity contribution in [2.24, 2.45) is 11.8 Å². The first-order valence-electron chi connectivity index (χ1n) is 14.2. The summed E-state index contributed by atoms with van der Waals surface area (Å²) in [5.74, 6) is -1.38. The molecule has 3 aromatic rings. The lowest BCUT2D eigenvalue weighted by Crippen LogP contribution is -2.55. The van der Waals surface area contributed by atoms with Crippen LogP contribution in [-0.2, 0) is 9.59 Å². The molecule has 6 rings (SSSR count). The van der Waals surface area contributed by atoms with Crippen molar-refractivity contribution in [3.63, 3.8) is 0 Å². The number of ketones is 1. The lowest BCUT2D eigenvalue weighted by molar-refractivity contribution is -0.148. The number of nitrogens with zero attached hydrogens (tertiary/aromatic N) is 2. The smallest absolute Gasteiger partial charge is 0.246 e. The summed E-state index contributed by atoms with van der Waals surface area (Å²) in [6, 6.07) is 19.5. The molecule has 2 saturated heterocycles. The zero-order valence-corrected chi connectivity index (χ0v) is 23.9. The number of carbonyl (C=O) groups excluding carboxylic acids is 3. The highest BCUT2D eigenvalue weighted by Crippen LogP contribution is 2.53. The predicted molar refractivity (Wildman–Crippen MR) is 158 cm³/mol. The van der Waals surface area contributed by atoms with Crippen LogP contribution in [0.2, 0.25) is 5.02 Å². The molecule has 3 heterocycles. The fraction of sp³-hybridized carbons (Fsp3) is 0.406. The molecule has 4 unspecified atom stereocenters. The van der Waals surface area contributed by atoms with Crippen molar-refractivity contribution in [3.05, 3.63) is 93.1 Å². The quantitative estimate of drug-likeness (QED) is 0.391. The highest BCUT2D eigenvalue weighted by atomic mass is 35.5. The molecule has 1 aromatic heterocycles. The first-order chi connectivity index (χ1) is 19.5. The Morgan fingerprint density at radius 2 is 1.62 bits per heavy atom. The summed E-state index contributed by atoms with van der Waals surface area (Å²) in [7, 11) is 0. The summed E-state index contributed by atoms with van der Waals surface area (Å²) in [5.41, 5.74) is 1.38. The van der Waals surface area contributed by atoms with Crippen LogP contribution in [0.5, 0.6) is 0 Å². The molecule has 3 aliphatic rings. The SMILES string of the molecule is O=C(c1cccc(Cl)c1)C1C(c2cccs2)C(C(=O)N2CCNCC2)N(C(=O)C2CCCC2)C1c1ccccc1. The maximum Gasteiger partial charge on any atom is 0.246 e. The Morgan fingerprint density at radius 1 is 0.875 bits per heavy atom. The molecule has 1 saturated carbocycles. The van der Waals surface area contributed by atoms with Crippen molar-refractivity contribution in [2.75, 3.05) is 26.2 Å². The number of carbonyl (C=O) groups is 3. The van der Waals surface area contributed by atoms with Crippen LogP contribution in [0.3, 0.4) is 0 Å². The Balaban J connectivity index is 1.55. The van der Waals surface area contributed by atoms with E-state index in [9.17, 15) is 14.4 Å². The first kappa shape index (κ1) is 27.2. The maximum atomic E-state index is 14.6. The second-order valence-corrected chi connectivity index (χ2v) is 12.5. The Hall–Kier alpha value is -3.00. The number of rotatable bonds is 6. The van der Waals surface area contributed by atoms with Gasteiger partial charge in [0.1, 0.15) is 6.04 Å². The third-order valence-electron chi connectivity index (χ3n) is 8.73. The molecule has 6 nitrogen and oxygen atoms in total. The van der Waals surface area contributed by atoms with Crippen LogP contribution in [0, 0.1) is 11.8 Å². The van der Waals surface area contributed by atoms with Crippen molar-refractivity contribution in [1.29, 1.82) is 0 Å². The molecular weight excluding hydrogens is 542 g/mol. The molecule has 1 N–H and O–H groups in total. The van der Waals surface area contributed by atoms with E-state index >= 15 is 0 Å². The first-order valence-corrected chi connectivity index (χ1v) is 15.5. The van der Waals surface area contributed by atoms with Crippen LogP contribution >= 0.6 is 22.9 Å². The van der Waals surface area contributed by atoms with E-state index in [2.05, 4.69) is 5.32 Å². The van der Waals surface area contributed by atoms with Gasteiger partial charge in [-0.15, -0.1) is 11.3 Å². The van der Waals surface area contributed by atoms with Gasteiger partial charge in [-0.05, 0) is 42.0 Å². The molecular formula is C32H34ClN3O3S. The van der Waals surface area contributed by atoms with Crippen molar-refractivity contribution in [1.82, 2.24) is 15.1 Å². The van der Waals surface area contributed by atoms with Crippen LogP contribution in [0.15, 0.2) is 72.1 Å². The predicted octanol–water partition coefficient (Wildman–Crippen LogP) is 5.56. The fourth-order valence-corrected chi connectivity index (χ4v) is 7.98. The average molecular weight is 576 g/mol. The summed E-state index contributed by atoms with van der Waals surface area (Å²) in [6.45, 7) is 2.60. The van der Waals surface area contributed by atoms with E-state index in [0.29, 0.717) is 36.8 Å². The number of likely N-dealkylation sites (tertiary alicyclic amines) is 1. The number of nitrogens with one attached hydrogen (secondary N) is 1. The van der Waals surface area contributed by atoms with Crippen molar-refractivity contribution in [2.45, 2.75) is 43.7 Å². The summed E-state index contributed by atoms with van der Waals surface area (Å²) < 4.78 is 0. The summed E-state index contributed by atoms with van der Waals surface area (Å²) in [5, 5.41) is 5.80. The highest BCUT2D eigenvalue weighted by molar-refractivity contribution is 7.10. The number of benzene rings is 2. The lowest BCUT2D eigenvalue weighted by atomic mass is 9.78. The molecule has 3 fully saturated rings. The Labute approximate surface area is 244 Å². The molecule has 0 bridgehead atoms. The van der Waals surface area contributed by atoms with E-state index in [4.69, 9.17) is 11.6 Å². The van der Waals surface area contributed by atoms with Crippen LogP contribution < -0.4 is 5.32 Å². The van der Waals surface area contributed by atoms with E-state index in [1.807, 2.05) is 57.6 Å². The lowest BCUT2D eigenvalue weighted by Gasteiger charge is -2.37. The van der Waals surface area contributed by atoms with Gasteiger partial charge in [-0.3, -0.25) is 14.4 Å². The van der Waals surface area contributed by atoms with Gasteiger partial charge in [-0.2, -0.15) is 0 Å². The van der Waals surface area contributed by atoms with Gasteiger partial charge in [0.15, 0.2) is 5.78 Å². The molecule has 2 amide bonds. The van der Waals surface area contributed by atoms with Crippen LogP contribution in [0.25, 0.3) is 0 Å². The van der Waals surface area contributed by atoms with Gasteiger partial charge in [-0.1, -0.05) is 73.0 Å². The van der Waals surface area contributed by atoms with Crippen molar-refractivity contribution >= 4 is 40.5 Å². The minimum atomic E-state index is -0.761. The number of thiophene rings is 1. The van der Waals surface area contributed by atoms with E-state index in [-0.39, 0.29) is 23.5 Å². The van der Waals surface area contributed by atoms with Crippen LogP contribution in [0.1, 0.15) is 58.4 Å². The molecule has 2 aromatic carbocycles. The average Bonchev–Trinajstić information content (AvgIpc) is 3.77. The van der Waals surface area contributed by atoms with E-state index < -0.39 is 23.9 Å². The van der Waals surface area contributed by atoms with Gasteiger partial charge in [-0.25, -0.2) is 0 Å². The van der Waals surface area contributed by atoms with Gasteiger partial charge in [0.05, 0.1) is 12.0 Å². The summed E-state index contributed by atoms with van der Waals surface area (Å²) >= 11 is 7.90. The van der Waals surface area contributed by atoms with Gasteiger partial charge >= 0.3 is 0 Å². The molecule has 208 valence electrons. The Kier molecular flexibility index (Phi) is 8.05. The molecule has 8 heteroatoms. The topological polar surface area (TPSA) is 69.7 Å². The van der Waals surface area contributed by atoms with E-state index in [0.717, 1.165) is 36.1 Å². The van der Waals surface area contributed by atoms with Gasteiger partial charge < -0.3 is 15.1 Å². The Bertz CT molecular complexity index is 1350. The molecule has 0 radical (unpaired) electrons. The normalized spacial score (nSPS) is 25.3. The zero-order valence-electron chi connectivity index (χ0n) is 22.4. The maximum absolute atomic E-state index is 14.6. The van der Waals surface area contributed by atoms with Crippen molar-refractivity contribution < 1.29 is 14.4 Å². The number of amides is 2. The fourth-order valence-electron chi connectivity index (χ4n) is 6.89. The number of hydrogen-bond donors (Lipinski definition) is 1. The minimum Gasteiger partial charge on any atom is -0.338 e. The summed E-state index contributed by atoms with van der Waals surface area (Å²) in [4.78, 5) is 48.3. The zero-order chi connectivity index (χ0) is 27.6. The number of Topliss-reactive ketones (excluding diaryl/α,β-unsaturated/α-hetero) is 1. The third kappa shape index (κ3) is 5.11. The second kappa shape index (κ2) is 11.9. The van der Waals surface area contributed by atoms with Crippen LogP contribution in [-0.4, -0.2) is 59.6 Å². The van der Waals surface area contributed by atoms with Gasteiger partial charge in [0, 0.05) is 53.5 Å². The van der Waals surface area contributed by atoms with E-state index in [1.165, 1.54) is 0 Å². The highest BCUT2D eigenvalue weighted by Gasteiger charge is 2.59. The number of piperazine rings is 1. The van der Waals surface area contributed by atoms with Crippen LogP contribution in [0.4, 0.5) is 0 Å². The molecule has 40 heavy (non-hydrogen) atoms. The van der Waals surface area contributed by atoms with Crippen molar-refractivity contribution in [3.8, 4) is 0 Å². The molecule has 1 aliphatic carbocycles. The number of hydrogen-bond acceptors (Lipinski definition) is 5. The molecule has 2 aliphatic heterocycles. The third-order valence-corrected chi connectivity index (χ3v) is 9.94. The largest absolute Gasteiger partial charge is 0.338 e. The van der Waals surface area contributed by atoms with Gasteiger partial charge in [0.2, 0.25) is 11.8 Å². The standard InChI is InChI=1S/C32H34ClN3O3S/c33-24-13-6-12-23(20-24)30(37)27-26(25-14-7-19-40-25)29(32(39)35-17-15-34-16-18-35)36(31(38)22-10-4-5-11-22)28(27)21-8-2-1-3-9-21/h1-3,6-9,12-14,19-20,22,26-29,34H,4-5,10-11,15-18H2. The Morgan fingerprint density at radius 3 is 2.30 bits per heavy atom. The van der Waals surface area contributed by atoms with E-state index in [1.54, 1.807) is 35.6 Å². The monoisotopic (exact) mass is 575 g/mol.